The third kappa shape index (κ3) is 20.1. The largest absolute Gasteiger partial charge is 0.496 e. The first kappa shape index (κ1) is 83.1. The number of aliphatic hydroxyl groups excluding tert-OH is 2. The van der Waals surface area contributed by atoms with Crippen molar-refractivity contribution >= 4 is 90.0 Å². The quantitative estimate of drug-likeness (QED) is 0.0245. The number of methoxy groups -OCH3 is 3. The minimum atomic E-state index is -1.56. The smallest absolute Gasteiger partial charge is 0.255 e. The Morgan fingerprint density at radius 3 is 1.15 bits per heavy atom. The number of fused-ring (bicyclic) bond motifs is 3. The number of terminal acetylenes is 1. The maximum Gasteiger partial charge on any atom is 0.255 e. The number of hydrogen-bond donors (Lipinski definition) is 8. The van der Waals surface area contributed by atoms with Crippen molar-refractivity contribution in [3.63, 3.8) is 0 Å². The van der Waals surface area contributed by atoms with Crippen molar-refractivity contribution < 1.29 is 85.4 Å². The van der Waals surface area contributed by atoms with Gasteiger partial charge in [-0.3, -0.25) is 28.8 Å². The van der Waals surface area contributed by atoms with Crippen LogP contribution in [0.2, 0.25) is 0 Å². The number of halogens is 4. The van der Waals surface area contributed by atoms with E-state index in [4.69, 9.17) is 57.2 Å². The topological polar surface area (TPSA) is 368 Å². The molecule has 3 aliphatic carbocycles. The number of primary amides is 3. The van der Waals surface area contributed by atoms with Gasteiger partial charge in [-0.1, -0.05) is 44.5 Å². The second-order valence-corrected chi connectivity index (χ2v) is 29.1. The number of rotatable bonds is 21. The molecular formula is C81H95BrF3N9O15. The fourth-order valence-corrected chi connectivity index (χ4v) is 15.3. The van der Waals surface area contributed by atoms with Crippen LogP contribution in [0, 0.1) is 89.3 Å². The molecule has 6 fully saturated rings. The molecule has 6 heterocycles. The summed E-state index contributed by atoms with van der Waals surface area (Å²) in [5.41, 5.74) is 18.4. The van der Waals surface area contributed by atoms with Gasteiger partial charge in [0.05, 0.1) is 67.3 Å². The molecular weight excluding hydrogens is 1480 g/mol. The van der Waals surface area contributed by atoms with Crippen molar-refractivity contribution in [3.05, 3.63) is 87.3 Å². The molecule has 3 aliphatic heterocycles. The lowest BCUT2D eigenvalue weighted by Crippen LogP contribution is -2.34. The highest BCUT2D eigenvalue weighted by Gasteiger charge is 2.44. The Morgan fingerprint density at radius 1 is 0.514 bits per heavy atom. The molecule has 0 unspecified atom stereocenters. The molecule has 6 amide bonds. The molecule has 6 aliphatic rings. The molecule has 0 spiro atoms. The van der Waals surface area contributed by atoms with Crippen molar-refractivity contribution in [1.82, 2.24) is 30.9 Å². The molecule has 11 N–H and O–H groups in total. The van der Waals surface area contributed by atoms with Gasteiger partial charge in [0.1, 0.15) is 43.4 Å². The second-order valence-electron chi connectivity index (χ2n) is 28.2. The van der Waals surface area contributed by atoms with E-state index < -0.39 is 89.8 Å². The highest BCUT2D eigenvalue weighted by molar-refractivity contribution is 9.10. The number of nitrogens with one attached hydrogen (secondary N) is 3. The van der Waals surface area contributed by atoms with Crippen LogP contribution in [0.4, 0.5) is 13.2 Å². The summed E-state index contributed by atoms with van der Waals surface area (Å²) >= 11 is 3.40. The summed E-state index contributed by atoms with van der Waals surface area (Å²) in [7, 11) is 4.30. The Hall–Kier alpha value is -9.95. The van der Waals surface area contributed by atoms with Gasteiger partial charge in [0.25, 0.3) is 35.4 Å². The Balaban J connectivity index is 0.000000178. The Bertz CT molecular complexity index is 4480. The van der Waals surface area contributed by atoms with Crippen LogP contribution >= 0.6 is 15.9 Å². The number of pyridine rings is 3. The molecule has 0 radical (unpaired) electrons. The second kappa shape index (κ2) is 38.9. The molecule has 3 aromatic heterocycles. The van der Waals surface area contributed by atoms with E-state index in [1.165, 1.54) is 27.5 Å². The number of aldehydes is 1. The van der Waals surface area contributed by atoms with E-state index in [-0.39, 0.29) is 90.0 Å². The predicted molar refractivity (Wildman–Crippen MR) is 406 cm³/mol. The van der Waals surface area contributed by atoms with Gasteiger partial charge in [0, 0.05) is 110 Å². The van der Waals surface area contributed by atoms with Crippen molar-refractivity contribution in [2.45, 2.75) is 154 Å². The predicted octanol–water partition coefficient (Wildman–Crippen LogP) is 9.44. The molecule has 12 rings (SSSR count). The van der Waals surface area contributed by atoms with E-state index >= 15 is 0 Å². The molecule has 9 atom stereocenters. The highest BCUT2D eigenvalue weighted by atomic mass is 79.9. The third-order valence-corrected chi connectivity index (χ3v) is 22.2. The van der Waals surface area contributed by atoms with Crippen molar-refractivity contribution in [2.24, 2.45) is 70.5 Å². The zero-order chi connectivity index (χ0) is 78.8. The van der Waals surface area contributed by atoms with Crippen molar-refractivity contribution in [1.29, 1.82) is 0 Å². The summed E-state index contributed by atoms with van der Waals surface area (Å²) in [4.78, 5) is 95.2. The van der Waals surface area contributed by atoms with Gasteiger partial charge < -0.3 is 76.6 Å². The third-order valence-electron chi connectivity index (χ3n) is 21.5. The van der Waals surface area contributed by atoms with Gasteiger partial charge in [-0.15, -0.1) is 12.3 Å². The van der Waals surface area contributed by atoms with E-state index in [0.29, 0.717) is 97.3 Å². The summed E-state index contributed by atoms with van der Waals surface area (Å²) in [6.07, 6.45) is 19.4. The number of carbonyl (C=O) groups excluding carboxylic acids is 7. The molecule has 28 heteroatoms. The maximum absolute atomic E-state index is 14.2. The van der Waals surface area contributed by atoms with Crippen LogP contribution < -0.4 is 61.6 Å². The van der Waals surface area contributed by atoms with E-state index in [1.807, 2.05) is 20.8 Å². The molecule has 3 saturated carbocycles. The number of nitrogens with two attached hydrogens (primary N) is 3. The number of aromatic nitrogens is 3. The van der Waals surface area contributed by atoms with Gasteiger partial charge in [0.2, 0.25) is 17.6 Å². The first-order valence-electron chi connectivity index (χ1n) is 36.9. The molecule has 3 aromatic carbocycles. The number of benzene rings is 3. The van der Waals surface area contributed by atoms with Crippen LogP contribution in [0.3, 0.4) is 0 Å². The number of hydrogen-bond acceptors (Lipinski definition) is 18. The van der Waals surface area contributed by atoms with Gasteiger partial charge in [-0.2, -0.15) is 0 Å². The lowest BCUT2D eigenvalue weighted by Gasteiger charge is -2.23. The first-order valence-corrected chi connectivity index (χ1v) is 37.7. The lowest BCUT2D eigenvalue weighted by atomic mass is 9.82. The number of aliphatic hydroxyl groups is 2. The molecule has 24 nitrogen and oxygen atoms in total. The summed E-state index contributed by atoms with van der Waals surface area (Å²) < 4.78 is 76.7. The Morgan fingerprint density at radius 2 is 0.835 bits per heavy atom. The van der Waals surface area contributed by atoms with Crippen molar-refractivity contribution in [2.75, 3.05) is 54.4 Å². The summed E-state index contributed by atoms with van der Waals surface area (Å²) in [5, 5.41) is 29.7. The molecule has 3 saturated heterocycles. The van der Waals surface area contributed by atoms with Gasteiger partial charge in [-0.05, 0) is 160 Å². The van der Waals surface area contributed by atoms with Gasteiger partial charge in [-0.25, -0.2) is 28.1 Å². The summed E-state index contributed by atoms with van der Waals surface area (Å²) in [5.74, 6) is 14.1. The molecule has 582 valence electrons. The zero-order valence-corrected chi connectivity index (χ0v) is 63.5. The fourth-order valence-electron chi connectivity index (χ4n) is 14.9. The molecule has 109 heavy (non-hydrogen) atoms. The Kier molecular flexibility index (Phi) is 29.7. The Labute approximate surface area is 639 Å². The average molecular weight is 1570 g/mol. The monoisotopic (exact) mass is 1570 g/mol. The zero-order valence-electron chi connectivity index (χ0n) is 61.9. The first-order chi connectivity index (χ1) is 52.4. The number of alkyl halides is 3. The average Bonchev–Trinajstić information content (AvgIpc) is 1.35. The SMILES string of the molecule is C#CC1CCC(CO)CC1.CC[C@@H]1[C@H](F)C(=O)N[C@@H]1COc1ncc(Br)c2cc(C(N)=O)c(OC)cc12.CC[C@@H]1[C@H](F)C(=O)N[C@@H]1COc1ncc(C#CC2CCC(C=O)CC2)c2cc(C(N)=O)c(OC)cc12.CC[C@@H]1[C@H](F)C(=O)N[C@@H]1COc1ncc(C#CC2CCC(CO)CC2)c2cc(C(N)=O)c(OC)cc12. The maximum atomic E-state index is 14.2. The van der Waals surface area contributed by atoms with Crippen LogP contribution in [-0.2, 0) is 19.2 Å². The fraction of sp³-hybridized carbons (Fsp3) is 0.506. The molecule has 6 aromatic rings. The van der Waals surface area contributed by atoms with E-state index in [1.54, 1.807) is 48.8 Å². The number of carbonyl (C=O) groups is 7. The summed E-state index contributed by atoms with van der Waals surface area (Å²) in [6.45, 7) is 6.21. The van der Waals surface area contributed by atoms with E-state index in [2.05, 4.69) is 76.4 Å². The number of ether oxygens (including phenoxy) is 6. The number of amides is 6. The minimum absolute atomic E-state index is 0.0393. The van der Waals surface area contributed by atoms with Crippen molar-refractivity contribution in [3.8, 4) is 70.9 Å². The minimum Gasteiger partial charge on any atom is -0.496 e. The van der Waals surface area contributed by atoms with Gasteiger partial charge >= 0.3 is 0 Å². The van der Waals surface area contributed by atoms with E-state index in [9.17, 15) is 51.8 Å². The standard InChI is InChI=1S/C27H32FN3O5.C27H30FN3O5.C18H19BrFN3O4.C9H14O/c2*1-3-18-22(31-26(34)24(18)28)14-36-27-20-11-23(35-2)21(25(29)33)10-19(20)17(12-30-27)9-8-15-4-6-16(13-32)7-5-15;1-3-8-13(23-17(25)15(8)20)7-27-18-10-5-14(26-2)11(16(21)24)4-9(10)12(19)6-22-18;1-2-8-3-5-9(7-10)6-4-8/h10-12,15-16,18,22,24,32H,3-7,13-14H2,1-2H3,(H2,29,33)(H,31,34);10-13,15-16,18,22,24H,3-7,14H2,1-2H3,(H2,29,33)(H,31,34);4-6,8,13,15H,3,7H2,1-2H3,(H2,21,24)(H,23,25);1,8-10H,3-7H2/t2*15?,16?,18-,22+,24-;8-,13+,15-;/m000./s1. The number of nitrogens with zero attached hydrogens (tertiary/aromatic N) is 3. The van der Waals surface area contributed by atoms with Crippen LogP contribution in [0.5, 0.6) is 34.9 Å². The van der Waals surface area contributed by atoms with Crippen LogP contribution in [0.15, 0.2) is 59.5 Å². The van der Waals surface area contributed by atoms with Crippen LogP contribution in [-0.4, -0.2) is 158 Å². The van der Waals surface area contributed by atoms with Crippen LogP contribution in [0.1, 0.15) is 159 Å². The van der Waals surface area contributed by atoms with Crippen LogP contribution in [0.25, 0.3) is 32.3 Å². The lowest BCUT2D eigenvalue weighted by molar-refractivity contribution is -0.124. The van der Waals surface area contributed by atoms with Gasteiger partial charge in [0.15, 0.2) is 18.5 Å². The highest BCUT2D eigenvalue weighted by Crippen LogP contribution is 2.40. The normalized spacial score (nSPS) is 25.4. The van der Waals surface area contributed by atoms with E-state index in [0.717, 1.165) is 83.3 Å². The molecule has 0 bridgehead atoms. The summed E-state index contributed by atoms with van der Waals surface area (Å²) in [6, 6.07) is 8.31.